The summed E-state index contributed by atoms with van der Waals surface area (Å²) in [5.41, 5.74) is 5.64. The molecule has 1 atom stereocenters. The van der Waals surface area contributed by atoms with Gasteiger partial charge in [-0.2, -0.15) is 0 Å². The van der Waals surface area contributed by atoms with Gasteiger partial charge >= 0.3 is 0 Å². The van der Waals surface area contributed by atoms with Crippen molar-refractivity contribution in [1.29, 1.82) is 0 Å². The van der Waals surface area contributed by atoms with Gasteiger partial charge in [-0.1, -0.05) is 12.2 Å². The molecule has 1 aliphatic heterocycles. The van der Waals surface area contributed by atoms with Crippen molar-refractivity contribution in [1.82, 2.24) is 0 Å². The molecule has 0 saturated carbocycles. The molecule has 0 spiro atoms. The summed E-state index contributed by atoms with van der Waals surface area (Å²) in [6.07, 6.45) is 4.56. The summed E-state index contributed by atoms with van der Waals surface area (Å²) in [7, 11) is 0. The molecule has 0 aliphatic carbocycles. The zero-order chi connectivity index (χ0) is 13.7. The van der Waals surface area contributed by atoms with Crippen LogP contribution < -0.4 is 10.5 Å². The first-order valence-electron chi connectivity index (χ1n) is 6.50. The van der Waals surface area contributed by atoms with E-state index in [-0.39, 0.29) is 10.6 Å². The van der Waals surface area contributed by atoms with Gasteiger partial charge in [-0.25, -0.2) is 4.39 Å². The third kappa shape index (κ3) is 4.14. The van der Waals surface area contributed by atoms with Gasteiger partial charge in [0.25, 0.3) is 0 Å². The lowest BCUT2D eigenvalue weighted by molar-refractivity contribution is 0.0981. The number of benzene rings is 1. The molecule has 0 bridgehead atoms. The van der Waals surface area contributed by atoms with E-state index in [2.05, 4.69) is 0 Å². The number of halogens is 1. The molecule has 1 fully saturated rings. The van der Waals surface area contributed by atoms with Crippen LogP contribution in [0.15, 0.2) is 18.2 Å². The van der Waals surface area contributed by atoms with E-state index < -0.39 is 5.82 Å². The molecule has 0 amide bonds. The number of nitrogens with two attached hydrogens (primary N) is 1. The number of hydrogen-bond acceptors (Lipinski definition) is 3. The molecule has 5 heteroatoms. The van der Waals surface area contributed by atoms with Crippen LogP contribution in [-0.2, 0) is 4.74 Å². The fourth-order valence-corrected chi connectivity index (χ4v) is 2.32. The molecule has 19 heavy (non-hydrogen) atoms. The van der Waals surface area contributed by atoms with Crippen LogP contribution in [0.25, 0.3) is 0 Å². The number of hydrogen-bond donors (Lipinski definition) is 1. The lowest BCUT2D eigenvalue weighted by Crippen LogP contribution is -2.12. The largest absolute Gasteiger partial charge is 0.493 e. The minimum absolute atomic E-state index is 0.0578. The molecule has 104 valence electrons. The molecule has 1 aromatic carbocycles. The van der Waals surface area contributed by atoms with Crippen LogP contribution in [0, 0.1) is 5.82 Å². The lowest BCUT2D eigenvalue weighted by Gasteiger charge is -2.10. The minimum atomic E-state index is -0.441. The molecule has 1 unspecified atom stereocenters. The Hall–Kier alpha value is -1.20. The van der Waals surface area contributed by atoms with Gasteiger partial charge in [0.05, 0.1) is 12.7 Å². The second kappa shape index (κ2) is 6.82. The highest BCUT2D eigenvalue weighted by molar-refractivity contribution is 7.80. The van der Waals surface area contributed by atoms with Crippen LogP contribution in [0.3, 0.4) is 0 Å². The molecule has 1 aliphatic rings. The van der Waals surface area contributed by atoms with Gasteiger partial charge in [0.15, 0.2) is 0 Å². The Kier molecular flexibility index (Phi) is 5.10. The summed E-state index contributed by atoms with van der Waals surface area (Å²) in [5.74, 6) is 0.0639. The highest BCUT2D eigenvalue weighted by Crippen LogP contribution is 2.19. The smallest absolute Gasteiger partial charge is 0.137 e. The predicted molar refractivity (Wildman–Crippen MR) is 76.0 cm³/mol. The van der Waals surface area contributed by atoms with Crippen molar-refractivity contribution in [2.75, 3.05) is 13.2 Å². The van der Waals surface area contributed by atoms with E-state index in [1.807, 2.05) is 0 Å². The molecular formula is C14H18FNO2S. The fraction of sp³-hybridized carbons (Fsp3) is 0.500. The maximum absolute atomic E-state index is 13.6. The summed E-state index contributed by atoms with van der Waals surface area (Å²) in [6.45, 7) is 1.43. The zero-order valence-corrected chi connectivity index (χ0v) is 11.5. The van der Waals surface area contributed by atoms with E-state index >= 15 is 0 Å². The van der Waals surface area contributed by atoms with Gasteiger partial charge in [0, 0.05) is 18.2 Å². The highest BCUT2D eigenvalue weighted by atomic mass is 32.1. The monoisotopic (exact) mass is 283 g/mol. The molecule has 0 radical (unpaired) electrons. The van der Waals surface area contributed by atoms with E-state index in [0.29, 0.717) is 18.5 Å². The second-order valence-electron chi connectivity index (χ2n) is 4.63. The third-order valence-corrected chi connectivity index (χ3v) is 3.39. The molecule has 2 rings (SSSR count). The first-order chi connectivity index (χ1) is 9.16. The quantitative estimate of drug-likeness (QED) is 0.644. The Morgan fingerprint density at radius 1 is 1.53 bits per heavy atom. The normalized spacial score (nSPS) is 18.5. The van der Waals surface area contributed by atoms with Crippen molar-refractivity contribution >= 4 is 17.2 Å². The van der Waals surface area contributed by atoms with Crippen LogP contribution in [0.5, 0.6) is 5.75 Å². The number of thiocarbonyl (C=S) groups is 1. The Morgan fingerprint density at radius 3 is 3.00 bits per heavy atom. The predicted octanol–water partition coefficient (Wildman–Crippen LogP) is 2.80. The molecule has 1 aromatic rings. The molecule has 2 N–H and O–H groups in total. The van der Waals surface area contributed by atoms with Gasteiger partial charge in [-0.3, -0.25) is 0 Å². The van der Waals surface area contributed by atoms with E-state index in [0.717, 1.165) is 32.3 Å². The summed E-state index contributed by atoms with van der Waals surface area (Å²) in [5, 5.41) is 0. The van der Waals surface area contributed by atoms with Crippen molar-refractivity contribution in [2.45, 2.75) is 31.8 Å². The van der Waals surface area contributed by atoms with Gasteiger partial charge < -0.3 is 15.2 Å². The lowest BCUT2D eigenvalue weighted by atomic mass is 10.1. The summed E-state index contributed by atoms with van der Waals surface area (Å²) >= 11 is 4.74. The topological polar surface area (TPSA) is 44.5 Å². The zero-order valence-electron chi connectivity index (χ0n) is 10.7. The Morgan fingerprint density at radius 2 is 2.37 bits per heavy atom. The van der Waals surface area contributed by atoms with E-state index in [4.69, 9.17) is 27.4 Å². The van der Waals surface area contributed by atoms with E-state index in [1.165, 1.54) is 6.07 Å². The third-order valence-electron chi connectivity index (χ3n) is 3.17. The van der Waals surface area contributed by atoms with Crippen LogP contribution >= 0.6 is 12.2 Å². The van der Waals surface area contributed by atoms with Gasteiger partial charge in [-0.15, -0.1) is 0 Å². The van der Waals surface area contributed by atoms with Crippen LogP contribution in [0.2, 0.25) is 0 Å². The standard InChI is InChI=1S/C14H18FNO2S/c15-13-9-11(5-6-12(13)14(16)19)18-8-2-4-10-3-1-7-17-10/h5-6,9-10H,1-4,7-8H2,(H2,16,19). The fourth-order valence-electron chi connectivity index (χ4n) is 2.16. The van der Waals surface area contributed by atoms with Gasteiger partial charge in [0.2, 0.25) is 0 Å². The minimum Gasteiger partial charge on any atom is -0.493 e. The average molecular weight is 283 g/mol. The highest BCUT2D eigenvalue weighted by Gasteiger charge is 2.14. The maximum Gasteiger partial charge on any atom is 0.137 e. The first kappa shape index (κ1) is 14.2. The molecule has 3 nitrogen and oxygen atoms in total. The van der Waals surface area contributed by atoms with Gasteiger partial charge in [0.1, 0.15) is 16.6 Å². The van der Waals surface area contributed by atoms with E-state index in [9.17, 15) is 4.39 Å². The molecule has 1 heterocycles. The van der Waals surface area contributed by atoms with Crippen molar-refractivity contribution in [3.8, 4) is 5.75 Å². The maximum atomic E-state index is 13.6. The SMILES string of the molecule is NC(=S)c1ccc(OCCCC2CCCO2)cc1F. The van der Waals surface area contributed by atoms with Gasteiger partial charge in [-0.05, 0) is 37.8 Å². The van der Waals surface area contributed by atoms with Crippen LogP contribution in [0.1, 0.15) is 31.2 Å². The summed E-state index contributed by atoms with van der Waals surface area (Å²) in [6, 6.07) is 4.55. The number of rotatable bonds is 6. The summed E-state index contributed by atoms with van der Waals surface area (Å²) in [4.78, 5) is 0.0578. The second-order valence-corrected chi connectivity index (χ2v) is 5.07. The van der Waals surface area contributed by atoms with Crippen molar-refractivity contribution in [3.05, 3.63) is 29.6 Å². The molecule has 0 aromatic heterocycles. The van der Waals surface area contributed by atoms with E-state index in [1.54, 1.807) is 12.1 Å². The van der Waals surface area contributed by atoms with Crippen molar-refractivity contribution in [3.63, 3.8) is 0 Å². The van der Waals surface area contributed by atoms with Crippen LogP contribution in [-0.4, -0.2) is 24.3 Å². The first-order valence-corrected chi connectivity index (χ1v) is 6.91. The summed E-state index contributed by atoms with van der Waals surface area (Å²) < 4.78 is 24.6. The van der Waals surface area contributed by atoms with Crippen molar-refractivity contribution < 1.29 is 13.9 Å². The molecule has 1 saturated heterocycles. The van der Waals surface area contributed by atoms with Crippen LogP contribution in [0.4, 0.5) is 4.39 Å². The Labute approximate surface area is 117 Å². The number of ether oxygens (including phenoxy) is 2. The average Bonchev–Trinajstić information content (AvgIpc) is 2.87. The Bertz CT molecular complexity index is 447. The van der Waals surface area contributed by atoms with Crippen molar-refractivity contribution in [2.24, 2.45) is 5.73 Å². The molecular weight excluding hydrogens is 265 g/mol. The Balaban J connectivity index is 1.76.